The molecule has 1 N–H and O–H groups in total. The van der Waals surface area contributed by atoms with Gasteiger partial charge in [0.2, 0.25) is 0 Å². The average Bonchev–Trinajstić information content (AvgIpc) is 2.33. The van der Waals surface area contributed by atoms with Crippen molar-refractivity contribution in [2.75, 3.05) is 6.61 Å². The molecule has 1 aromatic rings. The smallest absolute Gasteiger partial charge is 0.328 e. The monoisotopic (exact) mass is 362 g/mol. The Kier molecular flexibility index (Phi) is 6.09. The minimum atomic E-state index is -1.08. The third-order valence-corrected chi connectivity index (χ3v) is 4.23. The molecule has 0 unspecified atom stereocenters. The third-order valence-electron chi connectivity index (χ3n) is 1.98. The number of carboxylic acids is 1. The molecule has 0 spiro atoms. The lowest BCUT2D eigenvalue weighted by molar-refractivity contribution is -0.131. The summed E-state index contributed by atoms with van der Waals surface area (Å²) in [5.74, 6) is -1.02. The quantitative estimate of drug-likeness (QED) is 0.444. The number of benzene rings is 1. The number of hydrogen-bond donors (Lipinski definition) is 1. The van der Waals surface area contributed by atoms with Gasteiger partial charge in [-0.1, -0.05) is 58.0 Å². The SMILES string of the molecule is C/C(=C\C(=O)O)COc1c(Cl)c(Cl)c(Cl)c(Cl)c1Cl. The first-order valence-corrected chi connectivity index (χ1v) is 6.69. The highest BCUT2D eigenvalue weighted by molar-refractivity contribution is 6.55. The predicted molar refractivity (Wildman–Crippen MR) is 78.4 cm³/mol. The van der Waals surface area contributed by atoms with Crippen molar-refractivity contribution in [2.45, 2.75) is 6.92 Å². The summed E-state index contributed by atoms with van der Waals surface area (Å²) in [6, 6.07) is 0. The molecule has 1 rings (SSSR count). The molecule has 104 valence electrons. The van der Waals surface area contributed by atoms with E-state index in [1.165, 1.54) is 0 Å². The minimum Gasteiger partial charge on any atom is -0.486 e. The zero-order valence-electron chi connectivity index (χ0n) is 9.44. The van der Waals surface area contributed by atoms with E-state index < -0.39 is 5.97 Å². The summed E-state index contributed by atoms with van der Waals surface area (Å²) >= 11 is 29.4. The molecule has 0 aliphatic rings. The largest absolute Gasteiger partial charge is 0.486 e. The summed E-state index contributed by atoms with van der Waals surface area (Å²) in [7, 11) is 0. The van der Waals surface area contributed by atoms with E-state index in [-0.39, 0.29) is 37.5 Å². The van der Waals surface area contributed by atoms with E-state index in [2.05, 4.69) is 0 Å². The highest BCUT2D eigenvalue weighted by Crippen LogP contribution is 2.48. The molecule has 0 aromatic heterocycles. The van der Waals surface area contributed by atoms with Crippen LogP contribution in [-0.2, 0) is 4.79 Å². The zero-order chi connectivity index (χ0) is 14.7. The van der Waals surface area contributed by atoms with Crippen LogP contribution in [0.2, 0.25) is 25.1 Å². The van der Waals surface area contributed by atoms with Gasteiger partial charge in [0.15, 0.2) is 5.75 Å². The second-order valence-electron chi connectivity index (χ2n) is 3.52. The lowest BCUT2D eigenvalue weighted by Gasteiger charge is -2.13. The Labute approximate surface area is 134 Å². The van der Waals surface area contributed by atoms with Gasteiger partial charge in [-0.2, -0.15) is 0 Å². The van der Waals surface area contributed by atoms with Gasteiger partial charge in [-0.3, -0.25) is 0 Å². The van der Waals surface area contributed by atoms with E-state index in [9.17, 15) is 4.79 Å². The lowest BCUT2D eigenvalue weighted by Crippen LogP contribution is -2.03. The van der Waals surface area contributed by atoms with Crippen molar-refractivity contribution in [1.29, 1.82) is 0 Å². The van der Waals surface area contributed by atoms with Crippen LogP contribution < -0.4 is 4.74 Å². The van der Waals surface area contributed by atoms with Gasteiger partial charge in [-0.25, -0.2) is 4.79 Å². The molecule has 8 heteroatoms. The first kappa shape index (κ1) is 16.7. The predicted octanol–water partition coefficient (Wildman–Crippen LogP) is 5.36. The standard InChI is InChI=1S/C11H7Cl5O3/c1-4(2-5(17)18)3-19-11-9(15)7(13)6(12)8(14)10(11)16/h2H,3H2,1H3,(H,17,18)/b4-2+. The van der Waals surface area contributed by atoms with Crippen LogP contribution in [0.5, 0.6) is 5.75 Å². The molecule has 0 amide bonds. The number of rotatable bonds is 4. The van der Waals surface area contributed by atoms with Crippen molar-refractivity contribution in [3.05, 3.63) is 36.8 Å². The van der Waals surface area contributed by atoms with Crippen LogP contribution in [0.25, 0.3) is 0 Å². The Balaban J connectivity index is 3.06. The number of carboxylic acid groups (broad SMARTS) is 1. The number of ether oxygens (including phenoxy) is 1. The molecule has 3 nitrogen and oxygen atoms in total. The highest BCUT2D eigenvalue weighted by Gasteiger charge is 2.20. The van der Waals surface area contributed by atoms with E-state index >= 15 is 0 Å². The molecule has 0 saturated carbocycles. The minimum absolute atomic E-state index is 0.0178. The Morgan fingerprint density at radius 3 is 1.89 bits per heavy atom. The van der Waals surface area contributed by atoms with Crippen LogP contribution in [0.3, 0.4) is 0 Å². The fourth-order valence-corrected chi connectivity index (χ4v) is 2.38. The summed E-state index contributed by atoms with van der Waals surface area (Å²) in [5.41, 5.74) is 0.460. The Bertz CT molecular complexity index is 525. The van der Waals surface area contributed by atoms with Gasteiger partial charge in [0.25, 0.3) is 0 Å². The molecule has 0 heterocycles. The maximum Gasteiger partial charge on any atom is 0.328 e. The van der Waals surface area contributed by atoms with Gasteiger partial charge in [0, 0.05) is 6.08 Å². The molecule has 0 aliphatic heterocycles. The summed E-state index contributed by atoms with van der Waals surface area (Å²) in [6.45, 7) is 1.55. The molecule has 19 heavy (non-hydrogen) atoms. The van der Waals surface area contributed by atoms with Gasteiger partial charge < -0.3 is 9.84 Å². The third kappa shape index (κ3) is 4.07. The zero-order valence-corrected chi connectivity index (χ0v) is 13.2. The van der Waals surface area contributed by atoms with Crippen molar-refractivity contribution in [1.82, 2.24) is 0 Å². The van der Waals surface area contributed by atoms with Crippen LogP contribution in [0.15, 0.2) is 11.6 Å². The molecule has 0 bridgehead atoms. The fourth-order valence-electron chi connectivity index (χ4n) is 1.15. The number of carbonyl (C=O) groups is 1. The van der Waals surface area contributed by atoms with E-state index in [0.29, 0.717) is 5.57 Å². The van der Waals surface area contributed by atoms with Crippen molar-refractivity contribution in [3.8, 4) is 5.75 Å². The first-order chi connectivity index (χ1) is 8.75. The molecular weight excluding hydrogens is 357 g/mol. The second kappa shape index (κ2) is 6.91. The van der Waals surface area contributed by atoms with E-state index in [0.717, 1.165) is 6.08 Å². The molecule has 1 aromatic carbocycles. The molecule has 0 aliphatic carbocycles. The van der Waals surface area contributed by atoms with Gasteiger partial charge in [0.05, 0.1) is 15.1 Å². The summed E-state index contributed by atoms with van der Waals surface area (Å²) < 4.78 is 5.32. The number of hydrogen-bond acceptors (Lipinski definition) is 2. The van der Waals surface area contributed by atoms with Crippen molar-refractivity contribution in [2.24, 2.45) is 0 Å². The van der Waals surface area contributed by atoms with Crippen LogP contribution in [0, 0.1) is 0 Å². The Morgan fingerprint density at radius 1 is 1.05 bits per heavy atom. The molecular formula is C11H7Cl5O3. The summed E-state index contributed by atoms with van der Waals surface area (Å²) in [6.07, 6.45) is 1.00. The van der Waals surface area contributed by atoms with Crippen molar-refractivity contribution < 1.29 is 14.6 Å². The molecule has 0 saturated heterocycles. The number of aliphatic carboxylic acids is 1. The second-order valence-corrected chi connectivity index (χ2v) is 5.41. The topological polar surface area (TPSA) is 46.5 Å². The highest BCUT2D eigenvalue weighted by atomic mass is 35.5. The summed E-state index contributed by atoms with van der Waals surface area (Å²) in [5, 5.41) is 8.68. The van der Waals surface area contributed by atoms with Gasteiger partial charge in [0.1, 0.15) is 16.7 Å². The number of halogens is 5. The van der Waals surface area contributed by atoms with Gasteiger partial charge in [-0.15, -0.1) is 0 Å². The normalized spacial score (nSPS) is 11.6. The van der Waals surface area contributed by atoms with Crippen LogP contribution in [0.1, 0.15) is 6.92 Å². The van der Waals surface area contributed by atoms with Crippen LogP contribution in [0.4, 0.5) is 0 Å². The summed E-state index contributed by atoms with van der Waals surface area (Å²) in [4.78, 5) is 10.5. The lowest BCUT2D eigenvalue weighted by atomic mass is 10.3. The van der Waals surface area contributed by atoms with Crippen molar-refractivity contribution in [3.63, 3.8) is 0 Å². The van der Waals surface area contributed by atoms with Crippen LogP contribution in [-0.4, -0.2) is 17.7 Å². The average molecular weight is 364 g/mol. The maximum absolute atomic E-state index is 10.5. The van der Waals surface area contributed by atoms with E-state index in [1.54, 1.807) is 6.92 Å². The Hall–Kier alpha value is -0.320. The molecule has 0 radical (unpaired) electrons. The van der Waals surface area contributed by atoms with Crippen molar-refractivity contribution >= 4 is 64.0 Å². The maximum atomic E-state index is 10.5. The fraction of sp³-hybridized carbons (Fsp3) is 0.182. The van der Waals surface area contributed by atoms with E-state index in [1.807, 2.05) is 0 Å². The van der Waals surface area contributed by atoms with E-state index in [4.69, 9.17) is 67.8 Å². The van der Waals surface area contributed by atoms with Gasteiger partial charge in [-0.05, 0) is 12.5 Å². The van der Waals surface area contributed by atoms with Gasteiger partial charge >= 0.3 is 5.97 Å². The first-order valence-electron chi connectivity index (χ1n) is 4.80. The Morgan fingerprint density at radius 2 is 1.47 bits per heavy atom. The van der Waals surface area contributed by atoms with Crippen LogP contribution >= 0.6 is 58.0 Å². The molecule has 0 atom stereocenters. The molecule has 0 fully saturated rings.